The van der Waals surface area contributed by atoms with Gasteiger partial charge in [0.15, 0.2) is 69.8 Å². The molecule has 0 N–H and O–H groups in total. The predicted molar refractivity (Wildman–Crippen MR) is 118 cm³/mol. The largest absolute Gasteiger partial charge is 0.294 e. The van der Waals surface area contributed by atoms with Gasteiger partial charge in [-0.1, -0.05) is 33.6 Å². The van der Waals surface area contributed by atoms with E-state index in [9.17, 15) is 26.3 Å². The average molecular weight is 573 g/mol. The molecule has 0 radical (unpaired) electrons. The quantitative estimate of drug-likeness (QED) is 0.147. The van der Waals surface area contributed by atoms with Gasteiger partial charge in [0.1, 0.15) is 17.1 Å². The fraction of sp³-hybridized carbons (Fsp3) is 0.308. The normalized spacial score (nSPS) is 12.3. The molecule has 1 nitrogen and oxygen atoms in total. The molecule has 0 fully saturated rings. The van der Waals surface area contributed by atoms with E-state index in [0.717, 1.165) is 0 Å². The molecule has 0 aliphatic carbocycles. The van der Waals surface area contributed by atoms with Crippen LogP contribution in [0.5, 0.6) is 0 Å². The van der Waals surface area contributed by atoms with Crippen molar-refractivity contribution in [3.63, 3.8) is 0 Å². The smallest absolute Gasteiger partial charge is 0.196 e. The van der Waals surface area contributed by atoms with E-state index < -0.39 is 121 Å². The summed E-state index contributed by atoms with van der Waals surface area (Å²) in [6, 6.07) is -0.422. The van der Waals surface area contributed by atoms with Gasteiger partial charge in [-0.15, -0.1) is 0 Å². The highest BCUT2D eigenvalue weighted by molar-refractivity contribution is 5.79. The molecule has 0 spiro atoms. The zero-order chi connectivity index (χ0) is 29.5. The molecule has 0 heterocycles. The number of benzene rings is 3. The molecule has 0 aliphatic rings. The van der Waals surface area contributed by atoms with Crippen molar-refractivity contribution in [3.05, 3.63) is 87.0 Å². The van der Waals surface area contributed by atoms with E-state index in [1.54, 1.807) is 6.92 Å². The first-order valence-corrected chi connectivity index (χ1v) is 11.6. The number of hydrogen-bond donors (Lipinski definition) is 0. The topological polar surface area (TPSA) is 3.24 Å². The lowest BCUT2D eigenvalue weighted by atomic mass is 9.94. The molecular formula is C26H19F12N. The molecule has 13 heteroatoms. The summed E-state index contributed by atoms with van der Waals surface area (Å²) >= 11 is 0. The summed E-state index contributed by atoms with van der Waals surface area (Å²) in [5.74, 6) is -29.6. The van der Waals surface area contributed by atoms with Crippen LogP contribution in [0.4, 0.5) is 69.7 Å². The second-order valence-corrected chi connectivity index (χ2v) is 8.69. The van der Waals surface area contributed by atoms with Crippen molar-refractivity contribution < 1.29 is 52.7 Å². The number of halogens is 12. The molecule has 1 unspecified atom stereocenters. The molecule has 0 amide bonds. The van der Waals surface area contributed by atoms with E-state index >= 15 is 26.3 Å². The first-order chi connectivity index (χ1) is 18.2. The second-order valence-electron chi connectivity index (χ2n) is 8.69. The lowest BCUT2D eigenvalue weighted by Crippen LogP contribution is -2.24. The van der Waals surface area contributed by atoms with Gasteiger partial charge >= 0.3 is 0 Å². The minimum atomic E-state index is -2.69. The summed E-state index contributed by atoms with van der Waals surface area (Å²) in [5, 5.41) is 0. The fourth-order valence-electron chi connectivity index (χ4n) is 4.27. The van der Waals surface area contributed by atoms with E-state index in [0.29, 0.717) is 0 Å². The first-order valence-electron chi connectivity index (χ1n) is 11.6. The molecule has 3 aromatic rings. The number of hydrogen-bond acceptors (Lipinski definition) is 1. The summed E-state index contributed by atoms with van der Waals surface area (Å²) in [4.78, 5) is -0.940. The molecule has 0 aliphatic heterocycles. The van der Waals surface area contributed by atoms with Crippen molar-refractivity contribution >= 4 is 17.1 Å². The van der Waals surface area contributed by atoms with Gasteiger partial charge < -0.3 is 0 Å². The van der Waals surface area contributed by atoms with Crippen LogP contribution < -0.4 is 4.90 Å². The Bertz CT molecular complexity index is 1380. The van der Waals surface area contributed by atoms with Crippen LogP contribution in [-0.2, 0) is 6.42 Å². The first kappa shape index (κ1) is 30.2. The maximum absolute atomic E-state index is 15.4. The van der Waals surface area contributed by atoms with Crippen LogP contribution >= 0.6 is 0 Å². The third kappa shape index (κ3) is 4.91. The van der Waals surface area contributed by atoms with Gasteiger partial charge in [0.25, 0.3) is 0 Å². The molecule has 3 aromatic carbocycles. The van der Waals surface area contributed by atoms with Gasteiger partial charge in [0, 0.05) is 17.2 Å². The highest BCUT2D eigenvalue weighted by Crippen LogP contribution is 2.47. The minimum Gasteiger partial charge on any atom is -0.294 e. The van der Waals surface area contributed by atoms with Crippen LogP contribution in [0, 0.1) is 69.8 Å². The predicted octanol–water partition coefficient (Wildman–Crippen LogP) is 9.68. The SMILES string of the molecule is CCCc1c(F)c(F)c(N(c2c(F)cc(F)c(F)c2F)c2c(F)c(F)c(C(C)CCC)c(F)c2F)c(F)c1F. The Morgan fingerprint density at radius 2 is 0.974 bits per heavy atom. The number of anilines is 3. The van der Waals surface area contributed by atoms with Gasteiger partial charge in [-0.05, 0) is 18.8 Å². The third-order valence-corrected chi connectivity index (χ3v) is 6.08. The maximum Gasteiger partial charge on any atom is 0.196 e. The van der Waals surface area contributed by atoms with Gasteiger partial charge in [0.05, 0.1) is 0 Å². The Labute approximate surface area is 214 Å². The molecule has 0 bridgehead atoms. The van der Waals surface area contributed by atoms with Crippen LogP contribution in [-0.4, -0.2) is 0 Å². The van der Waals surface area contributed by atoms with Gasteiger partial charge in [0.2, 0.25) is 0 Å². The molecule has 39 heavy (non-hydrogen) atoms. The average Bonchev–Trinajstić information content (AvgIpc) is 2.87. The van der Waals surface area contributed by atoms with Crippen LogP contribution in [0.1, 0.15) is 57.1 Å². The maximum atomic E-state index is 15.4. The second kappa shape index (κ2) is 11.4. The molecule has 0 aromatic heterocycles. The van der Waals surface area contributed by atoms with E-state index in [1.165, 1.54) is 13.8 Å². The van der Waals surface area contributed by atoms with E-state index in [-0.39, 0.29) is 19.3 Å². The monoisotopic (exact) mass is 573 g/mol. The lowest BCUT2D eigenvalue weighted by Gasteiger charge is -2.29. The Morgan fingerprint density at radius 3 is 1.41 bits per heavy atom. The van der Waals surface area contributed by atoms with Crippen LogP contribution in [0.25, 0.3) is 0 Å². The molecule has 0 saturated heterocycles. The molecule has 1 atom stereocenters. The molecule has 0 saturated carbocycles. The van der Waals surface area contributed by atoms with E-state index in [4.69, 9.17) is 0 Å². The Balaban J connectivity index is 2.58. The standard InChI is InChI=1S/C26H19F12N/c1-4-6-9(3)13-17(32)22(37)26(23(38)18(13)33)39(24-12(28)8-11(27)16(31)21(24)36)25-19(34)14(29)10(7-5-2)15(30)20(25)35/h8-9H,4-7H2,1-3H3. The minimum absolute atomic E-state index is 0.0131. The van der Waals surface area contributed by atoms with E-state index in [2.05, 4.69) is 0 Å². The van der Waals surface area contributed by atoms with Crippen molar-refractivity contribution in [2.45, 2.75) is 52.4 Å². The van der Waals surface area contributed by atoms with Crippen molar-refractivity contribution in [3.8, 4) is 0 Å². The highest BCUT2D eigenvalue weighted by atomic mass is 19.2. The zero-order valence-electron chi connectivity index (χ0n) is 20.5. The zero-order valence-corrected chi connectivity index (χ0v) is 20.5. The van der Waals surface area contributed by atoms with Gasteiger partial charge in [-0.3, -0.25) is 4.90 Å². The van der Waals surface area contributed by atoms with Gasteiger partial charge in [-0.2, -0.15) is 0 Å². The van der Waals surface area contributed by atoms with E-state index in [1.807, 2.05) is 0 Å². The summed E-state index contributed by atoms with van der Waals surface area (Å²) in [6.45, 7) is 4.10. The Kier molecular flexibility index (Phi) is 8.81. The Morgan fingerprint density at radius 1 is 0.538 bits per heavy atom. The van der Waals surface area contributed by atoms with Crippen molar-refractivity contribution in [2.75, 3.05) is 4.90 Å². The van der Waals surface area contributed by atoms with Crippen LogP contribution in [0.3, 0.4) is 0 Å². The summed E-state index contributed by atoms with van der Waals surface area (Å²) < 4.78 is 178. The fourth-order valence-corrected chi connectivity index (χ4v) is 4.27. The van der Waals surface area contributed by atoms with Crippen molar-refractivity contribution in [2.24, 2.45) is 0 Å². The summed E-state index contributed by atoms with van der Waals surface area (Å²) in [7, 11) is 0. The molecule has 3 rings (SSSR count). The van der Waals surface area contributed by atoms with Crippen molar-refractivity contribution in [1.82, 2.24) is 0 Å². The highest BCUT2D eigenvalue weighted by Gasteiger charge is 2.39. The van der Waals surface area contributed by atoms with Crippen molar-refractivity contribution in [1.29, 1.82) is 0 Å². The van der Waals surface area contributed by atoms with Gasteiger partial charge in [-0.25, -0.2) is 52.7 Å². The summed E-state index contributed by atoms with van der Waals surface area (Å²) in [6.07, 6.45) is -0.419. The number of nitrogens with zero attached hydrogens (tertiary/aromatic N) is 1. The van der Waals surface area contributed by atoms with Crippen LogP contribution in [0.2, 0.25) is 0 Å². The molecule has 212 valence electrons. The summed E-state index contributed by atoms with van der Waals surface area (Å²) in [5.41, 5.74) is -9.19. The third-order valence-electron chi connectivity index (χ3n) is 6.08. The Hall–Kier alpha value is -3.38. The number of rotatable bonds is 8. The molecular weight excluding hydrogens is 554 g/mol. The van der Waals surface area contributed by atoms with Crippen LogP contribution in [0.15, 0.2) is 6.07 Å². The lowest BCUT2D eigenvalue weighted by molar-refractivity contribution is 0.419.